The molecule has 1 amide bonds. The van der Waals surface area contributed by atoms with Crippen molar-refractivity contribution in [3.63, 3.8) is 0 Å². The summed E-state index contributed by atoms with van der Waals surface area (Å²) in [7, 11) is 0. The van der Waals surface area contributed by atoms with Crippen LogP contribution in [0.1, 0.15) is 10.4 Å². The number of hydrogen-bond acceptors (Lipinski definition) is 2. The number of benzene rings is 3. The number of anilines is 2. The SMILES string of the molecule is Nc1ccc2cccc(C(=O)Nc3ccccc3)c2c1. The first-order valence-electron chi connectivity index (χ1n) is 6.39. The molecular formula is C17H14N2O. The van der Waals surface area contributed by atoms with Gasteiger partial charge in [0, 0.05) is 16.9 Å². The summed E-state index contributed by atoms with van der Waals surface area (Å²) in [5, 5.41) is 4.75. The van der Waals surface area contributed by atoms with Crippen LogP contribution in [0.5, 0.6) is 0 Å². The minimum absolute atomic E-state index is 0.132. The normalized spacial score (nSPS) is 10.4. The largest absolute Gasteiger partial charge is 0.399 e. The van der Waals surface area contributed by atoms with E-state index in [0.717, 1.165) is 16.5 Å². The minimum atomic E-state index is -0.132. The van der Waals surface area contributed by atoms with Crippen LogP contribution in [0.15, 0.2) is 66.7 Å². The summed E-state index contributed by atoms with van der Waals surface area (Å²) < 4.78 is 0. The summed E-state index contributed by atoms with van der Waals surface area (Å²) in [6.45, 7) is 0. The van der Waals surface area contributed by atoms with E-state index in [1.165, 1.54) is 0 Å². The first kappa shape index (κ1) is 12.2. The van der Waals surface area contributed by atoms with E-state index in [0.29, 0.717) is 11.3 Å². The zero-order chi connectivity index (χ0) is 13.9. The smallest absolute Gasteiger partial charge is 0.256 e. The van der Waals surface area contributed by atoms with Gasteiger partial charge < -0.3 is 11.1 Å². The van der Waals surface area contributed by atoms with E-state index in [1.54, 1.807) is 6.07 Å². The van der Waals surface area contributed by atoms with Gasteiger partial charge in [0.1, 0.15) is 0 Å². The second-order valence-electron chi connectivity index (χ2n) is 4.61. The molecule has 3 nitrogen and oxygen atoms in total. The molecule has 0 aliphatic carbocycles. The van der Waals surface area contributed by atoms with E-state index >= 15 is 0 Å². The van der Waals surface area contributed by atoms with Crippen molar-refractivity contribution < 1.29 is 4.79 Å². The van der Waals surface area contributed by atoms with E-state index in [-0.39, 0.29) is 5.91 Å². The molecule has 0 radical (unpaired) electrons. The average molecular weight is 262 g/mol. The first-order valence-corrected chi connectivity index (χ1v) is 6.39. The van der Waals surface area contributed by atoms with Crippen LogP contribution in [0.2, 0.25) is 0 Å². The zero-order valence-electron chi connectivity index (χ0n) is 10.8. The number of carbonyl (C=O) groups excluding carboxylic acids is 1. The molecule has 0 aliphatic rings. The summed E-state index contributed by atoms with van der Waals surface area (Å²) in [6.07, 6.45) is 0. The predicted octanol–water partition coefficient (Wildman–Crippen LogP) is 3.67. The molecule has 0 saturated carbocycles. The van der Waals surface area contributed by atoms with Crippen LogP contribution in [0.3, 0.4) is 0 Å². The molecule has 98 valence electrons. The number of nitrogens with two attached hydrogens (primary N) is 1. The van der Waals surface area contributed by atoms with Crippen LogP contribution in [0.4, 0.5) is 11.4 Å². The van der Waals surface area contributed by atoms with E-state index in [4.69, 9.17) is 5.73 Å². The predicted molar refractivity (Wildman–Crippen MR) is 82.8 cm³/mol. The number of rotatable bonds is 2. The monoisotopic (exact) mass is 262 g/mol. The molecule has 0 saturated heterocycles. The number of hydrogen-bond donors (Lipinski definition) is 2. The third-order valence-corrected chi connectivity index (χ3v) is 3.18. The molecule has 3 heteroatoms. The Morgan fingerprint density at radius 1 is 0.900 bits per heavy atom. The molecule has 0 heterocycles. The van der Waals surface area contributed by atoms with Gasteiger partial charge >= 0.3 is 0 Å². The highest BCUT2D eigenvalue weighted by molar-refractivity contribution is 6.13. The van der Waals surface area contributed by atoms with Crippen LogP contribution in [-0.2, 0) is 0 Å². The molecule has 0 spiro atoms. The van der Waals surface area contributed by atoms with Crippen molar-refractivity contribution in [3.8, 4) is 0 Å². The lowest BCUT2D eigenvalue weighted by molar-refractivity contribution is 0.102. The Balaban J connectivity index is 2.01. The van der Waals surface area contributed by atoms with E-state index in [9.17, 15) is 4.79 Å². The van der Waals surface area contributed by atoms with Crippen molar-refractivity contribution in [3.05, 3.63) is 72.3 Å². The maximum Gasteiger partial charge on any atom is 0.256 e. The molecule has 0 fully saturated rings. The van der Waals surface area contributed by atoms with Crippen molar-refractivity contribution in [1.29, 1.82) is 0 Å². The Bertz CT molecular complexity index is 766. The standard InChI is InChI=1S/C17H14N2O/c18-13-10-9-12-5-4-8-15(16(12)11-13)17(20)19-14-6-2-1-3-7-14/h1-11H,18H2,(H,19,20). The van der Waals surface area contributed by atoms with Gasteiger partial charge in [-0.15, -0.1) is 0 Å². The second kappa shape index (κ2) is 5.05. The fraction of sp³-hybridized carbons (Fsp3) is 0. The van der Waals surface area contributed by atoms with Gasteiger partial charge in [-0.2, -0.15) is 0 Å². The fourth-order valence-corrected chi connectivity index (χ4v) is 2.21. The van der Waals surface area contributed by atoms with Crippen LogP contribution >= 0.6 is 0 Å². The van der Waals surface area contributed by atoms with Crippen molar-refractivity contribution >= 4 is 28.1 Å². The lowest BCUT2D eigenvalue weighted by atomic mass is 10.0. The van der Waals surface area contributed by atoms with Crippen LogP contribution in [0.25, 0.3) is 10.8 Å². The van der Waals surface area contributed by atoms with Crippen LogP contribution in [0, 0.1) is 0 Å². The lowest BCUT2D eigenvalue weighted by Crippen LogP contribution is -2.12. The summed E-state index contributed by atoms with van der Waals surface area (Å²) in [4.78, 5) is 12.4. The lowest BCUT2D eigenvalue weighted by Gasteiger charge is -2.08. The molecule has 3 aromatic rings. The Labute approximate surface area is 117 Å². The fourth-order valence-electron chi connectivity index (χ4n) is 2.21. The molecule has 0 atom stereocenters. The number of amides is 1. The molecule has 0 aliphatic heterocycles. The van der Waals surface area contributed by atoms with E-state index in [1.807, 2.05) is 60.7 Å². The van der Waals surface area contributed by atoms with Gasteiger partial charge in [-0.05, 0) is 41.1 Å². The van der Waals surface area contributed by atoms with Crippen LogP contribution < -0.4 is 11.1 Å². The van der Waals surface area contributed by atoms with Gasteiger partial charge in [0.2, 0.25) is 0 Å². The second-order valence-corrected chi connectivity index (χ2v) is 4.61. The van der Waals surface area contributed by atoms with Crippen LogP contribution in [-0.4, -0.2) is 5.91 Å². The quantitative estimate of drug-likeness (QED) is 0.692. The molecule has 0 unspecified atom stereocenters. The number of nitrogen functional groups attached to an aromatic ring is 1. The molecule has 0 aromatic heterocycles. The topological polar surface area (TPSA) is 55.1 Å². The molecule has 3 rings (SSSR count). The van der Waals surface area contributed by atoms with Gasteiger partial charge in [-0.25, -0.2) is 0 Å². The Hall–Kier alpha value is -2.81. The Morgan fingerprint density at radius 2 is 1.70 bits per heavy atom. The maximum absolute atomic E-state index is 12.4. The summed E-state index contributed by atoms with van der Waals surface area (Å²) in [6, 6.07) is 20.6. The van der Waals surface area contributed by atoms with Crippen molar-refractivity contribution in [1.82, 2.24) is 0 Å². The number of carbonyl (C=O) groups is 1. The van der Waals surface area contributed by atoms with Gasteiger partial charge in [0.25, 0.3) is 5.91 Å². The van der Waals surface area contributed by atoms with Crippen molar-refractivity contribution in [2.24, 2.45) is 0 Å². The minimum Gasteiger partial charge on any atom is -0.399 e. The van der Waals surface area contributed by atoms with Gasteiger partial charge in [-0.3, -0.25) is 4.79 Å². The number of nitrogens with one attached hydrogen (secondary N) is 1. The highest BCUT2D eigenvalue weighted by atomic mass is 16.1. The van der Waals surface area contributed by atoms with Crippen molar-refractivity contribution in [2.45, 2.75) is 0 Å². The van der Waals surface area contributed by atoms with Gasteiger partial charge in [-0.1, -0.05) is 36.4 Å². The van der Waals surface area contributed by atoms with Crippen molar-refractivity contribution in [2.75, 3.05) is 11.1 Å². The molecule has 3 N–H and O–H groups in total. The highest BCUT2D eigenvalue weighted by Crippen LogP contribution is 2.22. The highest BCUT2D eigenvalue weighted by Gasteiger charge is 2.10. The number of fused-ring (bicyclic) bond motifs is 1. The molecular weight excluding hydrogens is 248 g/mol. The average Bonchev–Trinajstić information content (AvgIpc) is 2.47. The first-order chi connectivity index (χ1) is 9.74. The number of para-hydroxylation sites is 1. The summed E-state index contributed by atoms with van der Waals surface area (Å²) >= 11 is 0. The maximum atomic E-state index is 12.4. The third kappa shape index (κ3) is 2.34. The zero-order valence-corrected chi connectivity index (χ0v) is 10.8. The van der Waals surface area contributed by atoms with E-state index < -0.39 is 0 Å². The van der Waals surface area contributed by atoms with Gasteiger partial charge in [0.15, 0.2) is 0 Å². The van der Waals surface area contributed by atoms with E-state index in [2.05, 4.69) is 5.32 Å². The summed E-state index contributed by atoms with van der Waals surface area (Å²) in [5.74, 6) is -0.132. The third-order valence-electron chi connectivity index (χ3n) is 3.18. The summed E-state index contributed by atoms with van der Waals surface area (Å²) in [5.41, 5.74) is 7.86. The Kier molecular flexibility index (Phi) is 3.09. The molecule has 0 bridgehead atoms. The Morgan fingerprint density at radius 3 is 2.50 bits per heavy atom. The molecule has 3 aromatic carbocycles. The van der Waals surface area contributed by atoms with Gasteiger partial charge in [0.05, 0.1) is 0 Å². The molecule has 20 heavy (non-hydrogen) atoms.